The predicted octanol–water partition coefficient (Wildman–Crippen LogP) is 3.69. The Morgan fingerprint density at radius 3 is 2.67 bits per heavy atom. The summed E-state index contributed by atoms with van der Waals surface area (Å²) in [6.07, 6.45) is 2.07. The zero-order valence-electron chi connectivity index (χ0n) is 13.8. The summed E-state index contributed by atoms with van der Waals surface area (Å²) in [4.78, 5) is 26.3. The van der Waals surface area contributed by atoms with E-state index in [4.69, 9.17) is 4.42 Å². The largest absolute Gasteiger partial charge is 0.507 e. The lowest BCUT2D eigenvalue weighted by atomic mass is 9.91. The van der Waals surface area contributed by atoms with E-state index in [1.165, 1.54) is 6.07 Å². The summed E-state index contributed by atoms with van der Waals surface area (Å²) in [5.41, 5.74) is 0.923. The number of likely N-dealkylation sites (tertiary alicyclic amines) is 1. The maximum atomic E-state index is 12.6. The Bertz CT molecular complexity index is 850. The molecular weight excluding hydrogens is 374 g/mol. The van der Waals surface area contributed by atoms with Crippen LogP contribution in [0.1, 0.15) is 43.4 Å². The van der Waals surface area contributed by atoms with Crippen LogP contribution in [0.25, 0.3) is 11.0 Å². The lowest BCUT2D eigenvalue weighted by Gasteiger charge is -2.31. The van der Waals surface area contributed by atoms with Crippen LogP contribution in [0.5, 0.6) is 5.75 Å². The van der Waals surface area contributed by atoms with Gasteiger partial charge in [0.15, 0.2) is 11.0 Å². The minimum Gasteiger partial charge on any atom is -0.507 e. The summed E-state index contributed by atoms with van der Waals surface area (Å²) in [6, 6.07) is 3.07. The van der Waals surface area contributed by atoms with E-state index in [1.807, 2.05) is 11.8 Å². The molecule has 1 aromatic heterocycles. The second kappa shape index (κ2) is 6.59. The Morgan fingerprint density at radius 2 is 2.04 bits per heavy atom. The monoisotopic (exact) mass is 393 g/mol. The first-order chi connectivity index (χ1) is 11.4. The van der Waals surface area contributed by atoms with Crippen LogP contribution < -0.4 is 5.43 Å². The average Bonchev–Trinajstić information content (AvgIpc) is 2.60. The van der Waals surface area contributed by atoms with Gasteiger partial charge in [-0.1, -0.05) is 6.92 Å². The minimum atomic E-state index is -0.0704. The quantitative estimate of drug-likeness (QED) is 0.844. The van der Waals surface area contributed by atoms with E-state index in [-0.39, 0.29) is 23.0 Å². The van der Waals surface area contributed by atoms with E-state index in [2.05, 4.69) is 15.9 Å². The minimum absolute atomic E-state index is 0.0452. The second-order valence-corrected chi connectivity index (χ2v) is 7.00. The number of aromatic hydroxyl groups is 1. The molecule has 0 spiro atoms. The Labute approximate surface area is 148 Å². The number of phenols is 1. The molecule has 24 heavy (non-hydrogen) atoms. The Balaban J connectivity index is 1.99. The van der Waals surface area contributed by atoms with Crippen molar-refractivity contribution in [3.8, 4) is 5.75 Å². The SMILES string of the molecule is CCC(=O)N1CCC(c2oc3c(Br)c(O)ccc3c(=O)c2C)CC1. The predicted molar refractivity (Wildman–Crippen MR) is 95.4 cm³/mol. The highest BCUT2D eigenvalue weighted by atomic mass is 79.9. The molecule has 0 saturated carbocycles. The zero-order chi connectivity index (χ0) is 17.4. The molecule has 0 atom stereocenters. The molecule has 1 aliphatic heterocycles. The van der Waals surface area contributed by atoms with Crippen molar-refractivity contribution >= 4 is 32.8 Å². The van der Waals surface area contributed by atoms with Crippen LogP contribution in [0.3, 0.4) is 0 Å². The number of halogens is 1. The third kappa shape index (κ3) is 2.83. The number of rotatable bonds is 2. The summed E-state index contributed by atoms with van der Waals surface area (Å²) in [5.74, 6) is 0.987. The molecule has 1 aromatic carbocycles. The lowest BCUT2D eigenvalue weighted by molar-refractivity contribution is -0.131. The highest BCUT2D eigenvalue weighted by molar-refractivity contribution is 9.10. The molecular formula is C18H20BrNO4. The molecule has 1 N–H and O–H groups in total. The normalized spacial score (nSPS) is 15.9. The lowest BCUT2D eigenvalue weighted by Crippen LogP contribution is -2.37. The van der Waals surface area contributed by atoms with Crippen LogP contribution in [0.15, 0.2) is 25.8 Å². The molecule has 1 amide bonds. The molecule has 5 nitrogen and oxygen atoms in total. The van der Waals surface area contributed by atoms with Crippen molar-refractivity contribution in [1.29, 1.82) is 0 Å². The molecule has 128 valence electrons. The summed E-state index contributed by atoms with van der Waals surface area (Å²) < 4.78 is 6.44. The molecule has 6 heteroatoms. The fourth-order valence-corrected chi connectivity index (χ4v) is 3.76. The van der Waals surface area contributed by atoms with Crippen LogP contribution in [0, 0.1) is 6.92 Å². The van der Waals surface area contributed by atoms with E-state index in [1.54, 1.807) is 13.0 Å². The molecule has 0 unspecified atom stereocenters. The van der Waals surface area contributed by atoms with Crippen LogP contribution in [0.4, 0.5) is 0 Å². The van der Waals surface area contributed by atoms with Gasteiger partial charge in [-0.3, -0.25) is 9.59 Å². The molecule has 1 saturated heterocycles. The number of fused-ring (bicyclic) bond motifs is 1. The van der Waals surface area contributed by atoms with E-state index in [0.29, 0.717) is 46.3 Å². The van der Waals surface area contributed by atoms with Gasteiger partial charge in [-0.05, 0) is 47.8 Å². The van der Waals surface area contributed by atoms with Crippen molar-refractivity contribution in [1.82, 2.24) is 4.90 Å². The zero-order valence-corrected chi connectivity index (χ0v) is 15.4. The Kier molecular flexibility index (Phi) is 4.67. The van der Waals surface area contributed by atoms with Crippen molar-refractivity contribution in [2.45, 2.75) is 39.0 Å². The van der Waals surface area contributed by atoms with E-state index in [0.717, 1.165) is 12.8 Å². The maximum absolute atomic E-state index is 12.6. The summed E-state index contributed by atoms with van der Waals surface area (Å²) in [6.45, 7) is 5.01. The van der Waals surface area contributed by atoms with Gasteiger partial charge in [0, 0.05) is 31.0 Å². The number of benzene rings is 1. The molecule has 0 aliphatic carbocycles. The number of carbonyl (C=O) groups excluding carboxylic acids is 1. The second-order valence-electron chi connectivity index (χ2n) is 6.20. The summed E-state index contributed by atoms with van der Waals surface area (Å²) >= 11 is 3.30. The van der Waals surface area contributed by atoms with Gasteiger partial charge in [0.05, 0.1) is 5.39 Å². The van der Waals surface area contributed by atoms with Gasteiger partial charge < -0.3 is 14.4 Å². The van der Waals surface area contributed by atoms with Crippen molar-refractivity contribution < 1.29 is 14.3 Å². The molecule has 1 aliphatic rings. The van der Waals surface area contributed by atoms with Gasteiger partial charge >= 0.3 is 0 Å². The number of hydrogen-bond donors (Lipinski definition) is 1. The highest BCUT2D eigenvalue weighted by Gasteiger charge is 2.27. The standard InChI is InChI=1S/C18H20BrNO4/c1-3-14(22)20-8-6-11(7-9-20)17-10(2)16(23)12-4-5-13(21)15(19)18(12)24-17/h4-5,11,21H,3,6-9H2,1-2H3. The first kappa shape index (κ1) is 17.0. The third-order valence-electron chi connectivity index (χ3n) is 4.76. The van der Waals surface area contributed by atoms with Gasteiger partial charge in [0.1, 0.15) is 16.0 Å². The number of nitrogens with zero attached hydrogens (tertiary/aromatic N) is 1. The molecule has 2 heterocycles. The maximum Gasteiger partial charge on any atom is 0.222 e. The number of phenolic OH excluding ortho intramolecular Hbond substituents is 1. The third-order valence-corrected chi connectivity index (χ3v) is 5.53. The van der Waals surface area contributed by atoms with Crippen molar-refractivity contribution in [3.63, 3.8) is 0 Å². The topological polar surface area (TPSA) is 70.8 Å². The Hall–Kier alpha value is -1.82. The van der Waals surface area contributed by atoms with Crippen LogP contribution in [-0.2, 0) is 4.79 Å². The molecule has 0 bridgehead atoms. The van der Waals surface area contributed by atoms with Gasteiger partial charge in [-0.25, -0.2) is 0 Å². The van der Waals surface area contributed by atoms with Crippen molar-refractivity contribution in [3.05, 3.63) is 38.2 Å². The first-order valence-electron chi connectivity index (χ1n) is 8.16. The van der Waals surface area contributed by atoms with E-state index >= 15 is 0 Å². The van der Waals surface area contributed by atoms with Crippen LogP contribution >= 0.6 is 15.9 Å². The van der Waals surface area contributed by atoms with Gasteiger partial charge in [-0.2, -0.15) is 0 Å². The van der Waals surface area contributed by atoms with Crippen molar-refractivity contribution in [2.75, 3.05) is 13.1 Å². The Morgan fingerprint density at radius 1 is 1.38 bits per heavy atom. The van der Waals surface area contributed by atoms with E-state index in [9.17, 15) is 14.7 Å². The van der Waals surface area contributed by atoms with Crippen molar-refractivity contribution in [2.24, 2.45) is 0 Å². The number of hydrogen-bond acceptors (Lipinski definition) is 4. The summed E-state index contributed by atoms with van der Waals surface area (Å²) in [5, 5.41) is 10.3. The van der Waals surface area contributed by atoms with Crippen LogP contribution in [-0.4, -0.2) is 29.0 Å². The average molecular weight is 394 g/mol. The number of amides is 1. The van der Waals surface area contributed by atoms with Crippen LogP contribution in [0.2, 0.25) is 0 Å². The number of piperidine rings is 1. The number of carbonyl (C=O) groups is 1. The van der Waals surface area contributed by atoms with Gasteiger partial charge in [-0.15, -0.1) is 0 Å². The molecule has 2 aromatic rings. The summed E-state index contributed by atoms with van der Waals surface area (Å²) in [7, 11) is 0. The van der Waals surface area contributed by atoms with Gasteiger partial charge in [0.2, 0.25) is 5.91 Å². The fourth-order valence-electron chi connectivity index (χ4n) is 3.33. The first-order valence-corrected chi connectivity index (χ1v) is 8.95. The fraction of sp³-hybridized carbons (Fsp3) is 0.444. The molecule has 3 rings (SSSR count). The van der Waals surface area contributed by atoms with Gasteiger partial charge in [0.25, 0.3) is 0 Å². The molecule has 0 radical (unpaired) electrons. The van der Waals surface area contributed by atoms with E-state index < -0.39 is 0 Å². The molecule has 1 fully saturated rings. The smallest absolute Gasteiger partial charge is 0.222 e. The highest BCUT2D eigenvalue weighted by Crippen LogP contribution is 2.36.